The highest BCUT2D eigenvalue weighted by molar-refractivity contribution is 9.10. The molecule has 0 saturated carbocycles. The molecule has 0 bridgehead atoms. The summed E-state index contributed by atoms with van der Waals surface area (Å²) in [5, 5.41) is 2.72. The van der Waals surface area contributed by atoms with Crippen LogP contribution in [0.25, 0.3) is 0 Å². The number of anilines is 1. The Morgan fingerprint density at radius 3 is 2.86 bits per heavy atom. The Kier molecular flexibility index (Phi) is 5.39. The quantitative estimate of drug-likeness (QED) is 0.885. The summed E-state index contributed by atoms with van der Waals surface area (Å²) >= 11 is 3.44. The average molecular weight is 353 g/mol. The van der Waals surface area contributed by atoms with Gasteiger partial charge < -0.3 is 10.2 Å². The lowest BCUT2D eigenvalue weighted by Crippen LogP contribution is -2.39. The lowest BCUT2D eigenvalue weighted by atomic mass is 10.1. The van der Waals surface area contributed by atoms with Crippen molar-refractivity contribution in [1.29, 1.82) is 0 Å². The largest absolute Gasteiger partial charge is 0.347 e. The molecular formula is C16H21BrN2O2. The molecule has 1 N–H and O–H groups in total. The summed E-state index contributed by atoms with van der Waals surface area (Å²) in [5.74, 6) is 0.400. The monoisotopic (exact) mass is 352 g/mol. The van der Waals surface area contributed by atoms with E-state index in [1.807, 2.05) is 18.2 Å². The van der Waals surface area contributed by atoms with Gasteiger partial charge >= 0.3 is 0 Å². The first-order valence-corrected chi connectivity index (χ1v) is 8.12. The van der Waals surface area contributed by atoms with Crippen molar-refractivity contribution < 1.29 is 9.59 Å². The average Bonchev–Trinajstić information content (AvgIpc) is 2.85. The standard InChI is InChI=1S/C16H21BrN2O2/c1-11(2)3-6-15(20)18-10-16(21)19-8-7-12-9-13(17)4-5-14(12)19/h4-5,9,11H,3,6-8,10H2,1-2H3,(H,18,20). The molecule has 0 radical (unpaired) electrons. The zero-order valence-corrected chi connectivity index (χ0v) is 14.1. The second-order valence-corrected chi connectivity index (χ2v) is 6.69. The number of nitrogens with zero attached hydrogens (tertiary/aromatic N) is 1. The molecule has 2 amide bonds. The third-order valence-corrected chi connectivity index (χ3v) is 4.12. The molecule has 0 fully saturated rings. The Balaban J connectivity index is 1.87. The Morgan fingerprint density at radius 2 is 2.14 bits per heavy atom. The van der Waals surface area contributed by atoms with E-state index in [2.05, 4.69) is 35.1 Å². The van der Waals surface area contributed by atoms with Crippen molar-refractivity contribution in [2.24, 2.45) is 5.92 Å². The summed E-state index contributed by atoms with van der Waals surface area (Å²) in [7, 11) is 0. The fraction of sp³-hybridized carbons (Fsp3) is 0.500. The van der Waals surface area contributed by atoms with Crippen LogP contribution in [-0.2, 0) is 16.0 Å². The van der Waals surface area contributed by atoms with Crippen molar-refractivity contribution in [3.05, 3.63) is 28.2 Å². The molecule has 21 heavy (non-hydrogen) atoms. The van der Waals surface area contributed by atoms with Crippen LogP contribution in [0.5, 0.6) is 0 Å². The van der Waals surface area contributed by atoms with Gasteiger partial charge in [-0.05, 0) is 42.5 Å². The second-order valence-electron chi connectivity index (χ2n) is 5.78. The van der Waals surface area contributed by atoms with Gasteiger partial charge in [-0.2, -0.15) is 0 Å². The second kappa shape index (κ2) is 7.07. The molecule has 1 aromatic rings. The number of fused-ring (bicyclic) bond motifs is 1. The molecule has 0 spiro atoms. The number of nitrogens with one attached hydrogen (secondary N) is 1. The van der Waals surface area contributed by atoms with Crippen LogP contribution < -0.4 is 10.2 Å². The zero-order valence-electron chi connectivity index (χ0n) is 12.5. The summed E-state index contributed by atoms with van der Waals surface area (Å²) in [6, 6.07) is 5.93. The zero-order chi connectivity index (χ0) is 15.4. The fourth-order valence-corrected chi connectivity index (χ4v) is 2.82. The lowest BCUT2D eigenvalue weighted by molar-refractivity contribution is -0.125. The predicted molar refractivity (Wildman–Crippen MR) is 87.3 cm³/mol. The van der Waals surface area contributed by atoms with Crippen LogP contribution >= 0.6 is 15.9 Å². The first-order valence-electron chi connectivity index (χ1n) is 7.33. The maximum atomic E-state index is 12.2. The number of halogens is 1. The highest BCUT2D eigenvalue weighted by Gasteiger charge is 2.24. The third kappa shape index (κ3) is 4.30. The normalized spacial score (nSPS) is 13.4. The predicted octanol–water partition coefficient (Wildman–Crippen LogP) is 2.89. The molecular weight excluding hydrogens is 332 g/mol. The Bertz CT molecular complexity index is 543. The van der Waals surface area contributed by atoms with Crippen LogP contribution in [0, 0.1) is 5.92 Å². The summed E-state index contributed by atoms with van der Waals surface area (Å²) in [4.78, 5) is 25.7. The minimum absolute atomic E-state index is 0.0473. The van der Waals surface area contributed by atoms with Crippen LogP contribution in [0.3, 0.4) is 0 Å². The van der Waals surface area contributed by atoms with Gasteiger partial charge in [-0.1, -0.05) is 29.8 Å². The van der Waals surface area contributed by atoms with E-state index in [0.29, 0.717) is 18.9 Å². The number of carbonyl (C=O) groups is 2. The first-order chi connectivity index (χ1) is 9.97. The molecule has 1 aliphatic heterocycles. The number of hydrogen-bond donors (Lipinski definition) is 1. The van der Waals surface area contributed by atoms with Gasteiger partial charge in [-0.3, -0.25) is 9.59 Å². The van der Waals surface area contributed by atoms with Crippen LogP contribution in [0.4, 0.5) is 5.69 Å². The van der Waals surface area contributed by atoms with Crippen molar-refractivity contribution in [2.75, 3.05) is 18.0 Å². The van der Waals surface area contributed by atoms with E-state index in [1.165, 1.54) is 5.56 Å². The minimum atomic E-state index is -0.0488. The van der Waals surface area contributed by atoms with Gasteiger partial charge in [0.15, 0.2) is 0 Å². The van der Waals surface area contributed by atoms with Crippen molar-refractivity contribution in [2.45, 2.75) is 33.1 Å². The lowest BCUT2D eigenvalue weighted by Gasteiger charge is -2.17. The number of amides is 2. The van der Waals surface area contributed by atoms with Gasteiger partial charge in [0, 0.05) is 23.1 Å². The topological polar surface area (TPSA) is 49.4 Å². The summed E-state index contributed by atoms with van der Waals surface area (Å²) < 4.78 is 1.03. The first kappa shape index (κ1) is 16.0. The SMILES string of the molecule is CC(C)CCC(=O)NCC(=O)N1CCc2cc(Br)ccc21. The highest BCUT2D eigenvalue weighted by atomic mass is 79.9. The molecule has 1 aromatic carbocycles. The molecule has 5 heteroatoms. The van der Waals surface area contributed by atoms with Crippen molar-refractivity contribution in [3.63, 3.8) is 0 Å². The van der Waals surface area contributed by atoms with Crippen molar-refractivity contribution >= 4 is 33.4 Å². The summed E-state index contributed by atoms with van der Waals surface area (Å²) in [6.07, 6.45) is 2.19. The van der Waals surface area contributed by atoms with Gasteiger partial charge in [0.05, 0.1) is 6.54 Å². The number of rotatable bonds is 5. The molecule has 1 aliphatic rings. The van der Waals surface area contributed by atoms with E-state index in [9.17, 15) is 9.59 Å². The van der Waals surface area contributed by atoms with Gasteiger partial charge in [-0.25, -0.2) is 0 Å². The van der Waals surface area contributed by atoms with Gasteiger partial charge in [0.2, 0.25) is 11.8 Å². The molecule has 0 aliphatic carbocycles. The van der Waals surface area contributed by atoms with Crippen LogP contribution in [0.2, 0.25) is 0 Å². The molecule has 2 rings (SSSR count). The molecule has 114 valence electrons. The maximum Gasteiger partial charge on any atom is 0.246 e. The van der Waals surface area contributed by atoms with E-state index in [1.54, 1.807) is 4.90 Å². The number of benzene rings is 1. The molecule has 4 nitrogen and oxygen atoms in total. The minimum Gasteiger partial charge on any atom is -0.347 e. The maximum absolute atomic E-state index is 12.2. The molecule has 0 aromatic heterocycles. The van der Waals surface area contributed by atoms with Gasteiger partial charge in [-0.15, -0.1) is 0 Å². The van der Waals surface area contributed by atoms with Gasteiger partial charge in [0.25, 0.3) is 0 Å². The number of hydrogen-bond acceptors (Lipinski definition) is 2. The third-order valence-electron chi connectivity index (χ3n) is 3.62. The van der Waals surface area contributed by atoms with Gasteiger partial charge in [0.1, 0.15) is 0 Å². The smallest absolute Gasteiger partial charge is 0.246 e. The van der Waals surface area contributed by atoms with Crippen molar-refractivity contribution in [3.8, 4) is 0 Å². The summed E-state index contributed by atoms with van der Waals surface area (Å²) in [6.45, 7) is 4.92. The van der Waals surface area contributed by atoms with E-state index in [-0.39, 0.29) is 18.4 Å². The molecule has 0 unspecified atom stereocenters. The summed E-state index contributed by atoms with van der Waals surface area (Å²) in [5.41, 5.74) is 2.13. The van der Waals surface area contributed by atoms with Crippen LogP contribution in [0.15, 0.2) is 22.7 Å². The van der Waals surface area contributed by atoms with Crippen molar-refractivity contribution in [1.82, 2.24) is 5.32 Å². The molecule has 1 heterocycles. The van der Waals surface area contributed by atoms with E-state index < -0.39 is 0 Å². The van der Waals surface area contributed by atoms with E-state index >= 15 is 0 Å². The Labute approximate surface area is 134 Å². The molecule has 0 saturated heterocycles. The van der Waals surface area contributed by atoms with E-state index in [4.69, 9.17) is 0 Å². The Hall–Kier alpha value is -1.36. The molecule has 0 atom stereocenters. The van der Waals surface area contributed by atoms with Crippen LogP contribution in [-0.4, -0.2) is 24.9 Å². The Morgan fingerprint density at radius 1 is 1.38 bits per heavy atom. The fourth-order valence-electron chi connectivity index (χ4n) is 2.41. The van der Waals surface area contributed by atoms with E-state index in [0.717, 1.165) is 23.0 Å². The number of carbonyl (C=O) groups excluding carboxylic acids is 2. The van der Waals surface area contributed by atoms with Crippen LogP contribution in [0.1, 0.15) is 32.3 Å². The highest BCUT2D eigenvalue weighted by Crippen LogP contribution is 2.30.